The highest BCUT2D eigenvalue weighted by Gasteiger charge is 2.19. The maximum absolute atomic E-state index is 4.96. The molecule has 1 heterocycles. The Hall–Kier alpha value is -1.13. The zero-order valence-corrected chi connectivity index (χ0v) is 12.7. The van der Waals surface area contributed by atoms with Gasteiger partial charge < -0.3 is 10.2 Å². The van der Waals surface area contributed by atoms with Crippen LogP contribution in [0.2, 0.25) is 0 Å². The van der Waals surface area contributed by atoms with Gasteiger partial charge in [-0.25, -0.2) is 0 Å². The standard InChI is InChI=1S/C12H18N2OS.C2H6/c1-4-5-6-7-9(2)8-10(3)11-13-12(16)15-14-11;1-2/h5-8,11,14H,4H2,1-3H3,(H,13,16);1-2H3/b6-5+,9-7-,10-8+;. The predicted molar refractivity (Wildman–Crippen MR) is 82.0 cm³/mol. The van der Waals surface area contributed by atoms with Crippen molar-refractivity contribution in [3.8, 4) is 0 Å². The van der Waals surface area contributed by atoms with Crippen molar-refractivity contribution in [1.82, 2.24) is 10.8 Å². The third kappa shape index (κ3) is 6.57. The summed E-state index contributed by atoms with van der Waals surface area (Å²) >= 11 is 4.87. The molecule has 0 spiro atoms. The van der Waals surface area contributed by atoms with Crippen molar-refractivity contribution in [2.75, 3.05) is 0 Å². The number of nitrogens with one attached hydrogen (secondary N) is 2. The Kier molecular flexibility index (Phi) is 9.24. The van der Waals surface area contributed by atoms with Gasteiger partial charge in [0.05, 0.1) is 0 Å². The SMILES string of the molecule is CC.CC/C=C/C=C(C)\C=C(/C)C1NOC(=S)N1. The zero-order chi connectivity index (χ0) is 14.0. The van der Waals surface area contributed by atoms with E-state index in [1.165, 1.54) is 5.57 Å². The van der Waals surface area contributed by atoms with Gasteiger partial charge in [-0.05, 0) is 38.1 Å². The number of hydrogen-bond acceptors (Lipinski definition) is 3. The molecule has 0 bridgehead atoms. The van der Waals surface area contributed by atoms with Gasteiger partial charge in [0.25, 0.3) is 5.17 Å². The summed E-state index contributed by atoms with van der Waals surface area (Å²) in [5.41, 5.74) is 5.15. The third-order valence-corrected chi connectivity index (χ3v) is 2.37. The molecule has 4 heteroatoms. The monoisotopic (exact) mass is 268 g/mol. The molecule has 1 fully saturated rings. The normalized spacial score (nSPS) is 20.3. The predicted octanol–water partition coefficient (Wildman–Crippen LogP) is 3.61. The van der Waals surface area contributed by atoms with E-state index in [9.17, 15) is 0 Å². The first kappa shape index (κ1) is 16.9. The van der Waals surface area contributed by atoms with Crippen LogP contribution in [0.3, 0.4) is 0 Å². The van der Waals surface area contributed by atoms with Crippen LogP contribution in [-0.4, -0.2) is 11.3 Å². The Morgan fingerprint density at radius 3 is 2.56 bits per heavy atom. The van der Waals surface area contributed by atoms with E-state index in [2.05, 4.69) is 48.9 Å². The summed E-state index contributed by atoms with van der Waals surface area (Å²) in [6, 6.07) is 0. The van der Waals surface area contributed by atoms with Gasteiger partial charge in [-0.15, -0.1) is 5.48 Å². The highest BCUT2D eigenvalue weighted by molar-refractivity contribution is 7.80. The minimum absolute atomic E-state index is 0.0222. The summed E-state index contributed by atoms with van der Waals surface area (Å²) in [5, 5.41) is 3.40. The van der Waals surface area contributed by atoms with E-state index in [1.54, 1.807) is 0 Å². The van der Waals surface area contributed by atoms with Gasteiger partial charge in [-0.1, -0.05) is 50.6 Å². The molecule has 18 heavy (non-hydrogen) atoms. The van der Waals surface area contributed by atoms with Crippen molar-refractivity contribution < 1.29 is 4.84 Å². The van der Waals surface area contributed by atoms with Crippen molar-refractivity contribution >= 4 is 17.4 Å². The van der Waals surface area contributed by atoms with E-state index in [-0.39, 0.29) is 6.17 Å². The Bertz CT molecular complexity index is 346. The van der Waals surface area contributed by atoms with Gasteiger partial charge in [0, 0.05) is 0 Å². The van der Waals surface area contributed by atoms with Crippen molar-refractivity contribution in [3.63, 3.8) is 0 Å². The van der Waals surface area contributed by atoms with Gasteiger partial charge in [-0.3, -0.25) is 0 Å². The first-order valence-corrected chi connectivity index (χ1v) is 6.78. The first-order valence-electron chi connectivity index (χ1n) is 6.38. The minimum atomic E-state index is -0.0222. The van der Waals surface area contributed by atoms with Crippen LogP contribution in [0.4, 0.5) is 0 Å². The molecule has 1 aliphatic heterocycles. The lowest BCUT2D eigenvalue weighted by Gasteiger charge is -2.08. The first-order chi connectivity index (χ1) is 8.63. The van der Waals surface area contributed by atoms with E-state index in [0.717, 1.165) is 12.0 Å². The molecule has 0 radical (unpaired) electrons. The zero-order valence-electron chi connectivity index (χ0n) is 11.9. The van der Waals surface area contributed by atoms with Crippen molar-refractivity contribution in [1.29, 1.82) is 0 Å². The summed E-state index contributed by atoms with van der Waals surface area (Å²) in [6.45, 7) is 10.2. The van der Waals surface area contributed by atoms with Gasteiger partial charge in [0.2, 0.25) is 0 Å². The molecule has 1 rings (SSSR count). The lowest BCUT2D eigenvalue weighted by Crippen LogP contribution is -2.32. The summed E-state index contributed by atoms with van der Waals surface area (Å²) in [6.07, 6.45) is 9.40. The molecular weight excluding hydrogens is 244 g/mol. The quantitative estimate of drug-likeness (QED) is 0.603. The van der Waals surface area contributed by atoms with Crippen LogP contribution in [0.25, 0.3) is 0 Å². The van der Waals surface area contributed by atoms with E-state index in [1.807, 2.05) is 20.8 Å². The van der Waals surface area contributed by atoms with E-state index >= 15 is 0 Å². The molecule has 0 saturated carbocycles. The second kappa shape index (κ2) is 9.85. The summed E-state index contributed by atoms with van der Waals surface area (Å²) in [7, 11) is 0. The smallest absolute Gasteiger partial charge is 0.280 e. The van der Waals surface area contributed by atoms with Gasteiger partial charge in [-0.2, -0.15) is 0 Å². The van der Waals surface area contributed by atoms with Crippen LogP contribution in [0.5, 0.6) is 0 Å². The van der Waals surface area contributed by atoms with E-state index < -0.39 is 0 Å². The van der Waals surface area contributed by atoms with Crippen LogP contribution in [0.1, 0.15) is 41.0 Å². The Morgan fingerprint density at radius 2 is 2.06 bits per heavy atom. The fourth-order valence-electron chi connectivity index (χ4n) is 1.34. The van der Waals surface area contributed by atoms with E-state index in [0.29, 0.717) is 5.17 Å². The molecule has 1 saturated heterocycles. The molecule has 3 nitrogen and oxygen atoms in total. The lowest BCUT2D eigenvalue weighted by atomic mass is 10.1. The molecule has 0 aliphatic carbocycles. The molecule has 2 N–H and O–H groups in total. The van der Waals surface area contributed by atoms with Crippen LogP contribution >= 0.6 is 12.2 Å². The minimum Gasteiger partial charge on any atom is -0.376 e. The summed E-state index contributed by atoms with van der Waals surface area (Å²) < 4.78 is 0. The van der Waals surface area contributed by atoms with Crippen molar-refractivity contribution in [3.05, 3.63) is 35.5 Å². The molecular formula is C14H24N2OS. The Labute approximate surface area is 116 Å². The van der Waals surface area contributed by atoms with Crippen LogP contribution < -0.4 is 10.8 Å². The molecule has 0 aromatic heterocycles. The van der Waals surface area contributed by atoms with Crippen LogP contribution in [0.15, 0.2) is 35.5 Å². The maximum atomic E-state index is 4.96. The summed E-state index contributed by atoms with van der Waals surface area (Å²) in [4.78, 5) is 4.96. The lowest BCUT2D eigenvalue weighted by molar-refractivity contribution is 0.203. The highest BCUT2D eigenvalue weighted by Crippen LogP contribution is 2.08. The van der Waals surface area contributed by atoms with Crippen LogP contribution in [0, 0.1) is 0 Å². The fraction of sp³-hybridized carbons (Fsp3) is 0.500. The number of thiocarbonyl (C=S) groups is 1. The van der Waals surface area contributed by atoms with Gasteiger partial charge in [0.1, 0.15) is 6.17 Å². The molecule has 0 aromatic rings. The number of rotatable bonds is 4. The molecule has 1 aliphatic rings. The molecule has 1 unspecified atom stereocenters. The van der Waals surface area contributed by atoms with Crippen molar-refractivity contribution in [2.45, 2.75) is 47.2 Å². The average molecular weight is 268 g/mol. The second-order valence-corrected chi connectivity index (χ2v) is 4.09. The topological polar surface area (TPSA) is 33.3 Å². The molecule has 1 atom stereocenters. The molecule has 102 valence electrons. The molecule has 0 amide bonds. The van der Waals surface area contributed by atoms with Gasteiger partial charge in [0.15, 0.2) is 0 Å². The average Bonchev–Trinajstić information content (AvgIpc) is 2.79. The fourth-order valence-corrected chi connectivity index (χ4v) is 1.51. The second-order valence-electron chi connectivity index (χ2n) is 3.72. The summed E-state index contributed by atoms with van der Waals surface area (Å²) in [5.74, 6) is 0. The largest absolute Gasteiger partial charge is 0.376 e. The van der Waals surface area contributed by atoms with Gasteiger partial charge >= 0.3 is 0 Å². The number of hydrogen-bond donors (Lipinski definition) is 2. The third-order valence-electron chi connectivity index (χ3n) is 2.17. The number of allylic oxidation sites excluding steroid dienone is 5. The van der Waals surface area contributed by atoms with E-state index in [4.69, 9.17) is 17.1 Å². The maximum Gasteiger partial charge on any atom is 0.280 e. The number of hydroxylamine groups is 1. The Balaban J connectivity index is 0.00000137. The van der Waals surface area contributed by atoms with Crippen LogP contribution in [-0.2, 0) is 4.84 Å². The Morgan fingerprint density at radius 1 is 1.39 bits per heavy atom. The molecule has 0 aromatic carbocycles. The van der Waals surface area contributed by atoms with Crippen molar-refractivity contribution in [2.24, 2.45) is 0 Å². The highest BCUT2D eigenvalue weighted by atomic mass is 32.1.